The molecule has 0 fully saturated rings. The number of pyridine rings is 2. The van der Waals surface area contributed by atoms with Gasteiger partial charge in [0.15, 0.2) is 0 Å². The van der Waals surface area contributed by atoms with Crippen LogP contribution in [0.2, 0.25) is 0 Å². The standard InChI is InChI=1S/C23H24N6S/c1-3-29-5-4-21-15(13-29)7-22(30-21)14-6-18-17-8-19(16-10-26-28(2)12-16)24-11-20(17)27-23(18)25-9-14/h6-11,16H,3-5,12-13H2,1-2H3,(H,25,27). The average Bonchev–Trinajstić information content (AvgIpc) is 3.48. The number of nitrogens with one attached hydrogen (secondary N) is 1. The summed E-state index contributed by atoms with van der Waals surface area (Å²) in [5, 5.41) is 8.68. The van der Waals surface area contributed by atoms with E-state index in [4.69, 9.17) is 4.98 Å². The molecule has 6 rings (SSSR count). The highest BCUT2D eigenvalue weighted by molar-refractivity contribution is 7.15. The number of fused-ring (bicyclic) bond motifs is 4. The van der Waals surface area contributed by atoms with Crippen LogP contribution < -0.4 is 0 Å². The SMILES string of the molecule is CCN1CCc2sc(-c3cnc4[nH]c5cnc(C6C=NN(C)C6)cc5c4c3)cc2C1. The van der Waals surface area contributed by atoms with Crippen LogP contribution in [0.5, 0.6) is 0 Å². The van der Waals surface area contributed by atoms with Crippen LogP contribution >= 0.6 is 11.3 Å². The molecule has 0 saturated carbocycles. The fourth-order valence-corrected chi connectivity index (χ4v) is 5.72. The Kier molecular flexibility index (Phi) is 4.14. The highest BCUT2D eigenvalue weighted by atomic mass is 32.1. The van der Waals surface area contributed by atoms with Crippen molar-refractivity contribution in [3.05, 3.63) is 46.7 Å². The predicted molar refractivity (Wildman–Crippen MR) is 123 cm³/mol. The zero-order valence-corrected chi connectivity index (χ0v) is 18.0. The Labute approximate surface area is 179 Å². The monoisotopic (exact) mass is 416 g/mol. The Hall–Kier alpha value is -2.77. The van der Waals surface area contributed by atoms with Crippen LogP contribution in [0, 0.1) is 0 Å². The van der Waals surface area contributed by atoms with Gasteiger partial charge in [0.05, 0.1) is 23.3 Å². The molecule has 2 aliphatic heterocycles. The Bertz CT molecular complexity index is 1290. The van der Waals surface area contributed by atoms with E-state index in [2.05, 4.69) is 45.1 Å². The van der Waals surface area contributed by atoms with Crippen LogP contribution in [0.25, 0.3) is 32.4 Å². The number of H-pyrrole nitrogens is 1. The third-order valence-electron chi connectivity index (χ3n) is 6.32. The smallest absolute Gasteiger partial charge is 0.138 e. The van der Waals surface area contributed by atoms with Crippen molar-refractivity contribution in [3.63, 3.8) is 0 Å². The molecule has 0 saturated heterocycles. The summed E-state index contributed by atoms with van der Waals surface area (Å²) in [4.78, 5) is 18.2. The molecule has 1 N–H and O–H groups in total. The van der Waals surface area contributed by atoms with E-state index in [1.54, 1.807) is 0 Å². The van der Waals surface area contributed by atoms with Crippen molar-refractivity contribution < 1.29 is 0 Å². The molecule has 1 atom stereocenters. The molecule has 0 radical (unpaired) electrons. The van der Waals surface area contributed by atoms with Crippen LogP contribution in [0.3, 0.4) is 0 Å². The van der Waals surface area contributed by atoms with Gasteiger partial charge in [-0.3, -0.25) is 14.9 Å². The van der Waals surface area contributed by atoms with Crippen molar-refractivity contribution in [1.82, 2.24) is 24.9 Å². The molecular formula is C23H24N6S. The number of nitrogens with zero attached hydrogens (tertiary/aromatic N) is 5. The molecule has 6 heterocycles. The number of thiophene rings is 1. The second kappa shape index (κ2) is 6.89. The Morgan fingerprint density at radius 3 is 2.93 bits per heavy atom. The van der Waals surface area contributed by atoms with E-state index in [-0.39, 0.29) is 5.92 Å². The topological polar surface area (TPSA) is 60.4 Å². The van der Waals surface area contributed by atoms with Crippen molar-refractivity contribution in [2.45, 2.75) is 25.8 Å². The van der Waals surface area contributed by atoms with E-state index in [0.717, 1.165) is 48.3 Å². The summed E-state index contributed by atoms with van der Waals surface area (Å²) < 4.78 is 0. The van der Waals surface area contributed by atoms with Crippen LogP contribution in [0.1, 0.15) is 29.0 Å². The lowest BCUT2D eigenvalue weighted by atomic mass is 10.0. The van der Waals surface area contributed by atoms with Gasteiger partial charge < -0.3 is 4.98 Å². The molecule has 0 aliphatic carbocycles. The number of rotatable bonds is 3. The Balaban J connectivity index is 1.42. The van der Waals surface area contributed by atoms with Gasteiger partial charge in [0.2, 0.25) is 0 Å². The lowest BCUT2D eigenvalue weighted by molar-refractivity contribution is 0.270. The molecule has 0 amide bonds. The summed E-state index contributed by atoms with van der Waals surface area (Å²) in [6.07, 6.45) is 7.08. The summed E-state index contributed by atoms with van der Waals surface area (Å²) in [6, 6.07) is 6.86. The second-order valence-corrected chi connectivity index (χ2v) is 9.43. The van der Waals surface area contributed by atoms with Crippen molar-refractivity contribution in [2.24, 2.45) is 5.10 Å². The maximum absolute atomic E-state index is 4.75. The quantitative estimate of drug-likeness (QED) is 0.543. The first-order valence-corrected chi connectivity index (χ1v) is 11.4. The lowest BCUT2D eigenvalue weighted by Gasteiger charge is -2.24. The number of hydrogen-bond donors (Lipinski definition) is 1. The minimum atomic E-state index is 0.242. The van der Waals surface area contributed by atoms with Crippen molar-refractivity contribution in [2.75, 3.05) is 26.7 Å². The van der Waals surface area contributed by atoms with Crippen molar-refractivity contribution in [1.29, 1.82) is 0 Å². The second-order valence-electron chi connectivity index (χ2n) is 8.29. The van der Waals surface area contributed by atoms with Gasteiger partial charge in [-0.25, -0.2) is 4.98 Å². The van der Waals surface area contributed by atoms with Gasteiger partial charge >= 0.3 is 0 Å². The molecule has 4 aromatic rings. The molecule has 152 valence electrons. The minimum Gasteiger partial charge on any atom is -0.338 e. The minimum absolute atomic E-state index is 0.242. The van der Waals surface area contributed by atoms with Crippen LogP contribution in [0.4, 0.5) is 0 Å². The third-order valence-corrected chi connectivity index (χ3v) is 7.60. The number of aromatic nitrogens is 3. The van der Waals surface area contributed by atoms with Crippen molar-refractivity contribution in [3.8, 4) is 10.4 Å². The molecule has 0 aromatic carbocycles. The molecule has 2 aliphatic rings. The van der Waals surface area contributed by atoms with Gasteiger partial charge in [-0.15, -0.1) is 11.3 Å². The van der Waals surface area contributed by atoms with Crippen LogP contribution in [-0.2, 0) is 13.0 Å². The van der Waals surface area contributed by atoms with Gasteiger partial charge in [0, 0.05) is 65.2 Å². The number of likely N-dealkylation sites (N-methyl/N-ethyl adjacent to an activating group) is 2. The maximum atomic E-state index is 4.75. The first-order chi connectivity index (χ1) is 14.7. The first-order valence-electron chi connectivity index (χ1n) is 10.5. The van der Waals surface area contributed by atoms with Gasteiger partial charge in [-0.1, -0.05) is 6.92 Å². The largest absolute Gasteiger partial charge is 0.338 e. The lowest BCUT2D eigenvalue weighted by Crippen LogP contribution is -2.29. The zero-order valence-electron chi connectivity index (χ0n) is 17.2. The third kappa shape index (κ3) is 2.92. The van der Waals surface area contributed by atoms with Crippen LogP contribution in [0.15, 0.2) is 35.7 Å². The van der Waals surface area contributed by atoms with Gasteiger partial charge in [-0.05, 0) is 36.7 Å². The molecule has 6 nitrogen and oxygen atoms in total. The summed E-state index contributed by atoms with van der Waals surface area (Å²) in [7, 11) is 2.00. The van der Waals surface area contributed by atoms with E-state index >= 15 is 0 Å². The Morgan fingerprint density at radius 1 is 1.17 bits per heavy atom. The highest BCUT2D eigenvalue weighted by Gasteiger charge is 2.21. The van der Waals surface area contributed by atoms with E-state index < -0.39 is 0 Å². The van der Waals surface area contributed by atoms with E-state index in [0.29, 0.717) is 0 Å². The van der Waals surface area contributed by atoms with E-state index in [1.807, 2.05) is 42.0 Å². The van der Waals surface area contributed by atoms with Gasteiger partial charge in [0.25, 0.3) is 0 Å². The summed E-state index contributed by atoms with van der Waals surface area (Å²) in [5.41, 5.74) is 5.70. The van der Waals surface area contributed by atoms with E-state index in [1.165, 1.54) is 32.8 Å². The molecule has 30 heavy (non-hydrogen) atoms. The number of aromatic amines is 1. The zero-order chi connectivity index (χ0) is 20.2. The summed E-state index contributed by atoms with van der Waals surface area (Å²) in [5.74, 6) is 0.242. The molecule has 0 bridgehead atoms. The highest BCUT2D eigenvalue weighted by Crippen LogP contribution is 2.36. The Morgan fingerprint density at radius 2 is 2.10 bits per heavy atom. The predicted octanol–water partition coefficient (Wildman–Crippen LogP) is 4.23. The number of hydrazone groups is 1. The maximum Gasteiger partial charge on any atom is 0.138 e. The van der Waals surface area contributed by atoms with Gasteiger partial charge in [-0.2, -0.15) is 5.10 Å². The summed E-state index contributed by atoms with van der Waals surface area (Å²) >= 11 is 1.93. The fraction of sp³-hybridized carbons (Fsp3) is 0.348. The fourth-order valence-electron chi connectivity index (χ4n) is 4.58. The first kappa shape index (κ1) is 18.0. The van der Waals surface area contributed by atoms with Crippen LogP contribution in [-0.4, -0.2) is 57.8 Å². The normalized spacial score (nSPS) is 19.3. The molecule has 4 aromatic heterocycles. The summed E-state index contributed by atoms with van der Waals surface area (Å²) in [6.45, 7) is 6.47. The molecule has 7 heteroatoms. The van der Waals surface area contributed by atoms with Gasteiger partial charge in [0.1, 0.15) is 5.65 Å². The average molecular weight is 417 g/mol. The van der Waals surface area contributed by atoms with Crippen molar-refractivity contribution >= 4 is 39.5 Å². The number of hydrogen-bond acceptors (Lipinski definition) is 6. The molecule has 0 spiro atoms. The molecular weight excluding hydrogens is 392 g/mol. The van der Waals surface area contributed by atoms with E-state index in [9.17, 15) is 0 Å². The molecule has 1 unspecified atom stereocenters.